The molecular weight excluding hydrogens is 324 g/mol. The molecule has 26 heavy (non-hydrogen) atoms. The van der Waals surface area contributed by atoms with E-state index in [1.165, 1.54) is 0 Å². The molecule has 0 aliphatic heterocycles. The standard InChI is InChI=1S/C22H28N2O2/c1-13(2)17-9-7-15(5)21(25)19(17)11-23-24-12-20-18(14(3)4)10-8-16(6)22(20)26/h7-8,11-12,17-18,23-24H,1,3,9-10H2,2,4-6H3/b19-11-,20-12-. The van der Waals surface area contributed by atoms with Crippen molar-refractivity contribution in [3.8, 4) is 0 Å². The van der Waals surface area contributed by atoms with Crippen molar-refractivity contribution in [2.75, 3.05) is 0 Å². The van der Waals surface area contributed by atoms with E-state index in [2.05, 4.69) is 24.0 Å². The zero-order valence-electron chi connectivity index (χ0n) is 16.1. The SMILES string of the molecule is C=C(C)C1CC=C(C)C(=O)/C1=C\NN/C=C1\C(=O)C(C)=CCC1C(=C)C. The molecule has 2 unspecified atom stereocenters. The van der Waals surface area contributed by atoms with E-state index >= 15 is 0 Å². The van der Waals surface area contributed by atoms with Gasteiger partial charge in [-0.3, -0.25) is 9.59 Å². The maximum absolute atomic E-state index is 12.4. The Hall–Kier alpha value is -2.62. The van der Waals surface area contributed by atoms with Crippen LogP contribution < -0.4 is 10.9 Å². The van der Waals surface area contributed by atoms with Gasteiger partial charge in [0.2, 0.25) is 0 Å². The van der Waals surface area contributed by atoms with Gasteiger partial charge < -0.3 is 10.9 Å². The lowest BCUT2D eigenvalue weighted by molar-refractivity contribution is -0.113. The van der Waals surface area contributed by atoms with Crippen molar-refractivity contribution in [2.45, 2.75) is 40.5 Å². The van der Waals surface area contributed by atoms with Crippen LogP contribution in [0.5, 0.6) is 0 Å². The Morgan fingerprint density at radius 1 is 0.885 bits per heavy atom. The smallest absolute Gasteiger partial charge is 0.186 e. The van der Waals surface area contributed by atoms with Crippen LogP contribution in [0.25, 0.3) is 0 Å². The summed E-state index contributed by atoms with van der Waals surface area (Å²) in [4.78, 5) is 24.9. The van der Waals surface area contributed by atoms with Crippen LogP contribution >= 0.6 is 0 Å². The van der Waals surface area contributed by atoms with Crippen molar-refractivity contribution in [1.82, 2.24) is 10.9 Å². The van der Waals surface area contributed by atoms with Crippen molar-refractivity contribution in [3.63, 3.8) is 0 Å². The molecule has 2 N–H and O–H groups in total. The fraction of sp³-hybridized carbons (Fsp3) is 0.364. The van der Waals surface area contributed by atoms with Gasteiger partial charge in [-0.2, -0.15) is 0 Å². The zero-order valence-corrected chi connectivity index (χ0v) is 16.1. The van der Waals surface area contributed by atoms with Gasteiger partial charge in [0.05, 0.1) is 0 Å². The highest BCUT2D eigenvalue weighted by molar-refractivity contribution is 6.09. The second-order valence-corrected chi connectivity index (χ2v) is 7.19. The maximum atomic E-state index is 12.4. The van der Waals surface area contributed by atoms with Gasteiger partial charge in [-0.05, 0) is 51.7 Å². The molecule has 2 aliphatic rings. The summed E-state index contributed by atoms with van der Waals surface area (Å²) in [6, 6.07) is 0. The Morgan fingerprint density at radius 2 is 1.23 bits per heavy atom. The average Bonchev–Trinajstić information content (AvgIpc) is 2.58. The molecule has 2 aliphatic carbocycles. The molecule has 0 fully saturated rings. The minimum Gasteiger partial charge on any atom is -0.308 e. The first kappa shape index (κ1) is 19.7. The molecule has 0 aromatic rings. The Labute approximate surface area is 156 Å². The van der Waals surface area contributed by atoms with E-state index in [0.29, 0.717) is 11.1 Å². The van der Waals surface area contributed by atoms with Crippen LogP contribution in [-0.4, -0.2) is 11.6 Å². The van der Waals surface area contributed by atoms with E-state index in [0.717, 1.165) is 35.1 Å². The summed E-state index contributed by atoms with van der Waals surface area (Å²) >= 11 is 0. The van der Waals surface area contributed by atoms with Gasteiger partial charge >= 0.3 is 0 Å². The first-order valence-electron chi connectivity index (χ1n) is 8.89. The molecule has 2 rings (SSSR count). The fourth-order valence-corrected chi connectivity index (χ4v) is 3.30. The van der Waals surface area contributed by atoms with E-state index in [4.69, 9.17) is 0 Å². The number of hydrogen-bond acceptors (Lipinski definition) is 4. The van der Waals surface area contributed by atoms with Crippen LogP contribution in [0.4, 0.5) is 0 Å². The number of carbonyl (C=O) groups excluding carboxylic acids is 2. The zero-order chi connectivity index (χ0) is 19.4. The highest BCUT2D eigenvalue weighted by Crippen LogP contribution is 2.31. The Balaban J connectivity index is 2.16. The monoisotopic (exact) mass is 352 g/mol. The van der Waals surface area contributed by atoms with E-state index in [1.807, 2.05) is 39.8 Å². The highest BCUT2D eigenvalue weighted by Gasteiger charge is 2.27. The Bertz CT molecular complexity index is 712. The summed E-state index contributed by atoms with van der Waals surface area (Å²) in [7, 11) is 0. The molecule has 0 saturated carbocycles. The van der Waals surface area contributed by atoms with Crippen LogP contribution in [0.3, 0.4) is 0 Å². The number of hydrogen-bond donors (Lipinski definition) is 2. The van der Waals surface area contributed by atoms with Crippen molar-refractivity contribution < 1.29 is 9.59 Å². The summed E-state index contributed by atoms with van der Waals surface area (Å²) in [5.74, 6) is 0.0766. The first-order valence-corrected chi connectivity index (χ1v) is 8.89. The van der Waals surface area contributed by atoms with Crippen LogP contribution in [0, 0.1) is 11.8 Å². The van der Waals surface area contributed by atoms with Crippen molar-refractivity contribution >= 4 is 11.6 Å². The lowest BCUT2D eigenvalue weighted by Gasteiger charge is -2.24. The fourth-order valence-electron chi connectivity index (χ4n) is 3.30. The number of ketones is 2. The summed E-state index contributed by atoms with van der Waals surface area (Å²) in [6.07, 6.45) is 8.84. The van der Waals surface area contributed by atoms with Crippen LogP contribution in [0.2, 0.25) is 0 Å². The molecular formula is C22H28N2O2. The van der Waals surface area contributed by atoms with Gasteiger partial charge in [0.15, 0.2) is 11.6 Å². The van der Waals surface area contributed by atoms with E-state index in [-0.39, 0.29) is 23.4 Å². The van der Waals surface area contributed by atoms with Crippen molar-refractivity contribution in [2.24, 2.45) is 11.8 Å². The molecule has 138 valence electrons. The molecule has 4 nitrogen and oxygen atoms in total. The Morgan fingerprint density at radius 3 is 1.54 bits per heavy atom. The molecule has 4 heteroatoms. The predicted octanol–water partition coefficient (Wildman–Crippen LogP) is 4.07. The topological polar surface area (TPSA) is 58.2 Å². The molecule has 0 spiro atoms. The molecule has 2 atom stereocenters. The lowest BCUT2D eigenvalue weighted by atomic mass is 9.81. The number of allylic oxidation sites excluding steroid dienone is 8. The number of nitrogens with one attached hydrogen (secondary N) is 2. The third-order valence-electron chi connectivity index (χ3n) is 5.04. The maximum Gasteiger partial charge on any atom is 0.186 e. The third-order valence-corrected chi connectivity index (χ3v) is 5.04. The van der Waals surface area contributed by atoms with E-state index < -0.39 is 0 Å². The quantitative estimate of drug-likeness (QED) is 0.339. The van der Waals surface area contributed by atoms with Gasteiger partial charge in [0, 0.05) is 35.4 Å². The van der Waals surface area contributed by atoms with Gasteiger partial charge in [-0.25, -0.2) is 0 Å². The highest BCUT2D eigenvalue weighted by atomic mass is 16.1. The van der Waals surface area contributed by atoms with Gasteiger partial charge in [0.25, 0.3) is 0 Å². The van der Waals surface area contributed by atoms with Crippen LogP contribution in [-0.2, 0) is 9.59 Å². The van der Waals surface area contributed by atoms with Gasteiger partial charge in [-0.15, -0.1) is 0 Å². The molecule has 0 amide bonds. The normalized spacial score (nSPS) is 26.5. The summed E-state index contributed by atoms with van der Waals surface area (Å²) in [5, 5.41) is 0. The molecule has 0 radical (unpaired) electrons. The summed E-state index contributed by atoms with van der Waals surface area (Å²) in [6.45, 7) is 15.5. The molecule has 0 aromatic heterocycles. The minimum absolute atomic E-state index is 0.0119. The third kappa shape index (κ3) is 4.13. The van der Waals surface area contributed by atoms with E-state index in [1.54, 1.807) is 12.4 Å². The minimum atomic E-state index is 0.0119. The molecule has 0 bridgehead atoms. The molecule has 0 saturated heterocycles. The number of Topliss-reactive ketones (excluding diaryl/α,β-unsaturated/α-hetero) is 2. The van der Waals surface area contributed by atoms with Gasteiger partial charge in [-0.1, -0.05) is 36.5 Å². The Kier molecular flexibility index (Phi) is 6.19. The van der Waals surface area contributed by atoms with Crippen LogP contribution in [0.15, 0.2) is 71.1 Å². The lowest BCUT2D eigenvalue weighted by Crippen LogP contribution is -2.29. The molecule has 0 heterocycles. The second kappa shape index (κ2) is 8.17. The summed E-state index contributed by atoms with van der Waals surface area (Å²) in [5.41, 5.74) is 10.7. The number of carbonyl (C=O) groups is 2. The molecule has 0 aromatic carbocycles. The first-order chi connectivity index (χ1) is 12.2. The largest absolute Gasteiger partial charge is 0.308 e. The van der Waals surface area contributed by atoms with Crippen molar-refractivity contribution in [1.29, 1.82) is 0 Å². The van der Waals surface area contributed by atoms with E-state index in [9.17, 15) is 9.59 Å². The predicted molar refractivity (Wildman–Crippen MR) is 106 cm³/mol. The second-order valence-electron chi connectivity index (χ2n) is 7.19. The summed E-state index contributed by atoms with van der Waals surface area (Å²) < 4.78 is 0. The van der Waals surface area contributed by atoms with Gasteiger partial charge in [0.1, 0.15) is 0 Å². The van der Waals surface area contributed by atoms with Crippen LogP contribution in [0.1, 0.15) is 40.5 Å². The number of hydrazine groups is 1. The average molecular weight is 352 g/mol. The number of rotatable bonds is 5. The van der Waals surface area contributed by atoms with Crippen molar-refractivity contribution in [3.05, 3.63) is 71.1 Å².